The van der Waals surface area contributed by atoms with Crippen LogP contribution in [0.1, 0.15) is 19.5 Å². The number of fused-ring (bicyclic) bond motifs is 1. The molecule has 1 atom stereocenters. The van der Waals surface area contributed by atoms with Gasteiger partial charge in [-0.15, -0.1) is 0 Å². The molecule has 0 saturated carbocycles. The fraction of sp³-hybridized carbons (Fsp3) is 0.800. The minimum atomic E-state index is 0.425. The van der Waals surface area contributed by atoms with Crippen LogP contribution in [0.25, 0.3) is 0 Å². The average molecular weight is 406 g/mol. The molecule has 3 aliphatic rings. The highest BCUT2D eigenvalue weighted by molar-refractivity contribution is 6.00. The van der Waals surface area contributed by atoms with E-state index < -0.39 is 0 Å². The van der Waals surface area contributed by atoms with Gasteiger partial charge in [-0.3, -0.25) is 14.9 Å². The van der Waals surface area contributed by atoms with Crippen LogP contribution in [0.15, 0.2) is 0 Å². The molecule has 3 aliphatic heterocycles. The Kier molecular flexibility index (Phi) is 6.26. The summed E-state index contributed by atoms with van der Waals surface area (Å²) in [6.45, 7) is 14.5. The van der Waals surface area contributed by atoms with Gasteiger partial charge in [-0.05, 0) is 13.8 Å². The Labute approximate surface area is 173 Å². The van der Waals surface area contributed by atoms with Gasteiger partial charge >= 0.3 is 0 Å². The van der Waals surface area contributed by atoms with Crippen molar-refractivity contribution in [1.29, 1.82) is 5.41 Å². The highest BCUT2D eigenvalue weighted by Crippen LogP contribution is 2.30. The third-order valence-electron chi connectivity index (χ3n) is 6.35. The van der Waals surface area contributed by atoms with Gasteiger partial charge in [0.1, 0.15) is 11.5 Å². The molecule has 1 aromatic rings. The molecule has 0 radical (unpaired) electrons. The van der Waals surface area contributed by atoms with Crippen molar-refractivity contribution >= 4 is 17.6 Å². The molecule has 1 aromatic heterocycles. The molecule has 0 unspecified atom stereocenters. The van der Waals surface area contributed by atoms with Gasteiger partial charge in [-0.25, -0.2) is 4.98 Å². The van der Waals surface area contributed by atoms with Crippen LogP contribution in [-0.2, 0) is 16.0 Å². The number of morpholine rings is 2. The number of nitrogens with one attached hydrogen (secondary N) is 1. The van der Waals surface area contributed by atoms with Crippen molar-refractivity contribution < 1.29 is 9.47 Å². The van der Waals surface area contributed by atoms with Crippen LogP contribution < -0.4 is 9.80 Å². The number of aromatic nitrogens is 2. The van der Waals surface area contributed by atoms with Gasteiger partial charge in [0.15, 0.2) is 5.84 Å². The lowest BCUT2D eigenvalue weighted by molar-refractivity contribution is -0.0119. The van der Waals surface area contributed by atoms with Gasteiger partial charge in [-0.2, -0.15) is 0 Å². The minimum absolute atomic E-state index is 0.425. The van der Waals surface area contributed by atoms with Gasteiger partial charge in [0.05, 0.1) is 32.5 Å². The first-order valence-electron chi connectivity index (χ1n) is 10.9. The number of piperazine rings is 1. The summed E-state index contributed by atoms with van der Waals surface area (Å²) in [4.78, 5) is 14.3. The third kappa shape index (κ3) is 3.95. The van der Waals surface area contributed by atoms with Gasteiger partial charge in [0, 0.05) is 59.4 Å². The van der Waals surface area contributed by atoms with Crippen LogP contribution in [0.4, 0.5) is 11.8 Å². The Balaban J connectivity index is 1.66. The molecule has 4 heterocycles. The van der Waals surface area contributed by atoms with Crippen molar-refractivity contribution in [1.82, 2.24) is 19.4 Å². The monoisotopic (exact) mass is 405 g/mol. The fourth-order valence-corrected chi connectivity index (χ4v) is 4.53. The van der Waals surface area contributed by atoms with E-state index in [4.69, 9.17) is 19.9 Å². The molecule has 3 saturated heterocycles. The molecule has 4 rings (SSSR count). The molecule has 0 aromatic carbocycles. The molecular weight excluding hydrogens is 370 g/mol. The zero-order chi connectivity index (χ0) is 20.4. The number of imidazole rings is 1. The van der Waals surface area contributed by atoms with E-state index in [-0.39, 0.29) is 0 Å². The molecule has 0 amide bonds. The molecular formula is C20H35N7O2. The minimum Gasteiger partial charge on any atom is -0.378 e. The van der Waals surface area contributed by atoms with E-state index >= 15 is 0 Å². The van der Waals surface area contributed by atoms with E-state index in [9.17, 15) is 0 Å². The predicted octanol–water partition coefficient (Wildman–Crippen LogP) is 0.537. The lowest BCUT2D eigenvalue weighted by atomic mass is 10.1. The molecule has 162 valence electrons. The summed E-state index contributed by atoms with van der Waals surface area (Å²) < 4.78 is 13.5. The van der Waals surface area contributed by atoms with Gasteiger partial charge < -0.3 is 24.2 Å². The second-order valence-corrected chi connectivity index (χ2v) is 8.00. The van der Waals surface area contributed by atoms with Crippen LogP contribution in [0.5, 0.6) is 0 Å². The molecule has 3 fully saturated rings. The number of hydrogen-bond donors (Lipinski definition) is 1. The van der Waals surface area contributed by atoms with E-state index in [0.29, 0.717) is 25.1 Å². The lowest BCUT2D eigenvalue weighted by Crippen LogP contribution is -2.58. The maximum atomic E-state index is 8.90. The number of rotatable bonds is 5. The van der Waals surface area contributed by atoms with E-state index in [0.717, 1.165) is 83.0 Å². The zero-order valence-electron chi connectivity index (χ0n) is 18.1. The first kappa shape index (κ1) is 20.4. The van der Waals surface area contributed by atoms with E-state index in [1.807, 2.05) is 0 Å². The van der Waals surface area contributed by atoms with E-state index in [2.05, 4.69) is 45.1 Å². The average Bonchev–Trinajstić information content (AvgIpc) is 3.18. The molecule has 0 spiro atoms. The van der Waals surface area contributed by atoms with Crippen molar-refractivity contribution in [2.75, 3.05) is 89.1 Å². The highest BCUT2D eigenvalue weighted by atomic mass is 16.5. The summed E-state index contributed by atoms with van der Waals surface area (Å²) in [6, 6.07) is 0.425. The molecule has 0 aliphatic carbocycles. The van der Waals surface area contributed by atoms with Crippen molar-refractivity contribution in [2.24, 2.45) is 0 Å². The normalized spacial score (nSPS) is 23.2. The Morgan fingerprint density at radius 1 is 1.10 bits per heavy atom. The van der Waals surface area contributed by atoms with Crippen molar-refractivity contribution in [3.8, 4) is 0 Å². The number of hydrogen-bond acceptors (Lipinski definition) is 7. The topological polar surface area (TPSA) is 73.1 Å². The summed E-state index contributed by atoms with van der Waals surface area (Å²) in [5.41, 5.74) is 0.787. The van der Waals surface area contributed by atoms with Crippen molar-refractivity contribution in [2.45, 2.75) is 26.4 Å². The quantitative estimate of drug-likeness (QED) is 0.566. The number of ether oxygens (including phenoxy) is 2. The summed E-state index contributed by atoms with van der Waals surface area (Å²) in [5, 5.41) is 8.90. The first-order valence-corrected chi connectivity index (χ1v) is 10.9. The predicted molar refractivity (Wildman–Crippen MR) is 114 cm³/mol. The molecule has 9 heteroatoms. The smallest absolute Gasteiger partial charge is 0.207 e. The maximum absolute atomic E-state index is 8.90. The van der Waals surface area contributed by atoms with Crippen molar-refractivity contribution in [3.63, 3.8) is 0 Å². The summed E-state index contributed by atoms with van der Waals surface area (Å²) in [5.74, 6) is 2.54. The van der Waals surface area contributed by atoms with E-state index in [1.54, 1.807) is 0 Å². The molecule has 0 bridgehead atoms. The van der Waals surface area contributed by atoms with Crippen molar-refractivity contribution in [3.05, 3.63) is 5.69 Å². The molecule has 9 nitrogen and oxygen atoms in total. The maximum Gasteiger partial charge on any atom is 0.207 e. The standard InChI is InChI=1S/C20H35N7O2/c1-4-23(3)19-17(18(21)25-9-11-28-12-10-25)22-20(27(19)5-2)26-7-6-24-8-13-29-15-16(24)14-26/h16,21H,4-15H2,1-3H3/t16-/m0/s1. The van der Waals surface area contributed by atoms with Crippen LogP contribution in [0.2, 0.25) is 0 Å². The Morgan fingerprint density at radius 3 is 2.59 bits per heavy atom. The number of amidine groups is 1. The van der Waals surface area contributed by atoms with Crippen LogP contribution in [0, 0.1) is 5.41 Å². The number of nitrogens with zero attached hydrogens (tertiary/aromatic N) is 6. The highest BCUT2D eigenvalue weighted by Gasteiger charge is 2.34. The largest absolute Gasteiger partial charge is 0.378 e. The Bertz CT molecular complexity index is 716. The summed E-state index contributed by atoms with van der Waals surface area (Å²) >= 11 is 0. The summed E-state index contributed by atoms with van der Waals surface area (Å²) in [6.07, 6.45) is 0. The molecule has 1 N–H and O–H groups in total. The second kappa shape index (κ2) is 8.89. The SMILES string of the molecule is CCN(C)c1c(C(=N)N2CCOCC2)nc(N2CCN3CCOC[C@@H]3C2)n1CC. The summed E-state index contributed by atoms with van der Waals surface area (Å²) in [7, 11) is 2.09. The fourth-order valence-electron chi connectivity index (χ4n) is 4.53. The lowest BCUT2D eigenvalue weighted by Gasteiger charge is -2.44. The molecule has 29 heavy (non-hydrogen) atoms. The zero-order valence-corrected chi connectivity index (χ0v) is 18.1. The Hall–Kier alpha value is -1.84. The van der Waals surface area contributed by atoms with Crippen LogP contribution in [0.3, 0.4) is 0 Å². The number of anilines is 2. The third-order valence-corrected chi connectivity index (χ3v) is 6.35. The Morgan fingerprint density at radius 2 is 1.86 bits per heavy atom. The van der Waals surface area contributed by atoms with Gasteiger partial charge in [0.25, 0.3) is 0 Å². The van der Waals surface area contributed by atoms with Crippen LogP contribution in [-0.4, -0.2) is 111 Å². The van der Waals surface area contributed by atoms with E-state index in [1.165, 1.54) is 0 Å². The van der Waals surface area contributed by atoms with Crippen LogP contribution >= 0.6 is 0 Å². The van der Waals surface area contributed by atoms with Gasteiger partial charge in [0.2, 0.25) is 5.95 Å². The second-order valence-electron chi connectivity index (χ2n) is 8.00. The van der Waals surface area contributed by atoms with Gasteiger partial charge in [-0.1, -0.05) is 0 Å². The first-order chi connectivity index (χ1) is 14.1.